The van der Waals surface area contributed by atoms with E-state index in [0.29, 0.717) is 10.5 Å². The summed E-state index contributed by atoms with van der Waals surface area (Å²) < 4.78 is 5.57. The molecule has 1 spiro atoms. The van der Waals surface area contributed by atoms with Crippen molar-refractivity contribution in [1.29, 1.82) is 0 Å². The monoisotopic (exact) mass is 377 g/mol. The summed E-state index contributed by atoms with van der Waals surface area (Å²) in [6.07, 6.45) is 7.55. The lowest BCUT2D eigenvalue weighted by atomic mass is 9.87. The van der Waals surface area contributed by atoms with Crippen LogP contribution in [0.25, 0.3) is 0 Å². The van der Waals surface area contributed by atoms with Crippen molar-refractivity contribution in [2.45, 2.75) is 43.3 Å². The quantitative estimate of drug-likeness (QED) is 0.623. The zero-order valence-corrected chi connectivity index (χ0v) is 16.8. The highest BCUT2D eigenvalue weighted by Gasteiger charge is 2.38. The molecular formula is C20H31N3O2S. The molecule has 1 aliphatic carbocycles. The van der Waals surface area contributed by atoms with Crippen LogP contribution in [0.2, 0.25) is 0 Å². The number of rotatable bonds is 4. The minimum atomic E-state index is 0.289. The Morgan fingerprint density at radius 1 is 1.35 bits per heavy atom. The molecule has 0 radical (unpaired) electrons. The smallest absolute Gasteiger partial charge is 0.193 e. The van der Waals surface area contributed by atoms with Crippen molar-refractivity contribution in [3.05, 3.63) is 23.8 Å². The van der Waals surface area contributed by atoms with Gasteiger partial charge in [-0.25, -0.2) is 0 Å². The number of hydrogen-bond donors (Lipinski definition) is 2. The van der Waals surface area contributed by atoms with E-state index in [0.717, 1.165) is 37.6 Å². The highest BCUT2D eigenvalue weighted by atomic mass is 32.2. The first-order valence-electron chi connectivity index (χ1n) is 9.61. The second-order valence-electron chi connectivity index (χ2n) is 7.23. The Morgan fingerprint density at radius 3 is 2.85 bits per heavy atom. The molecule has 144 valence electrons. The summed E-state index contributed by atoms with van der Waals surface area (Å²) in [5, 5.41) is 13.6. The maximum Gasteiger partial charge on any atom is 0.193 e. The van der Waals surface area contributed by atoms with E-state index in [2.05, 4.69) is 27.0 Å². The second kappa shape index (κ2) is 8.89. The summed E-state index contributed by atoms with van der Waals surface area (Å²) in [6.45, 7) is 2.91. The summed E-state index contributed by atoms with van der Waals surface area (Å²) in [4.78, 5) is 6.94. The van der Waals surface area contributed by atoms with Gasteiger partial charge in [0.15, 0.2) is 5.96 Å². The zero-order valence-electron chi connectivity index (χ0n) is 16.0. The minimum absolute atomic E-state index is 0.289. The average Bonchev–Trinajstić information content (AvgIpc) is 2.67. The second-order valence-corrected chi connectivity index (χ2v) is 8.80. The maximum atomic E-state index is 10.1. The maximum absolute atomic E-state index is 10.1. The highest BCUT2D eigenvalue weighted by molar-refractivity contribution is 8.00. The Bertz CT molecular complexity index is 624. The summed E-state index contributed by atoms with van der Waals surface area (Å²) in [6, 6.07) is 5.48. The number of hydrogen-bond acceptors (Lipinski definition) is 4. The van der Waals surface area contributed by atoms with E-state index in [4.69, 9.17) is 4.74 Å². The lowest BCUT2D eigenvalue weighted by Crippen LogP contribution is -2.53. The van der Waals surface area contributed by atoms with Crippen molar-refractivity contribution in [3.63, 3.8) is 0 Å². The van der Waals surface area contributed by atoms with Crippen molar-refractivity contribution >= 4 is 17.7 Å². The zero-order chi connectivity index (χ0) is 18.4. The van der Waals surface area contributed by atoms with Gasteiger partial charge in [-0.2, -0.15) is 11.8 Å². The molecule has 1 saturated carbocycles. The molecule has 1 aromatic carbocycles. The van der Waals surface area contributed by atoms with Gasteiger partial charge in [-0.15, -0.1) is 0 Å². The highest BCUT2D eigenvalue weighted by Crippen LogP contribution is 2.42. The first-order valence-corrected chi connectivity index (χ1v) is 10.6. The third-order valence-corrected chi connectivity index (χ3v) is 7.03. The fraction of sp³-hybridized carbons (Fsp3) is 0.650. The van der Waals surface area contributed by atoms with Crippen LogP contribution in [-0.2, 0) is 6.42 Å². The average molecular weight is 378 g/mol. The van der Waals surface area contributed by atoms with Crippen molar-refractivity contribution in [2.24, 2.45) is 4.99 Å². The molecule has 1 aromatic rings. The SMILES string of the molecule is CN=C(NCCc1ccc(OC)cc1O)N1CCSC2(CCCCC2)C1. The van der Waals surface area contributed by atoms with Crippen molar-refractivity contribution in [3.8, 4) is 11.5 Å². The topological polar surface area (TPSA) is 57.1 Å². The summed E-state index contributed by atoms with van der Waals surface area (Å²) >= 11 is 2.17. The molecule has 26 heavy (non-hydrogen) atoms. The van der Waals surface area contributed by atoms with Crippen LogP contribution in [0.3, 0.4) is 0 Å². The molecule has 0 bridgehead atoms. The summed E-state index contributed by atoms with van der Waals surface area (Å²) in [7, 11) is 3.47. The number of guanidine groups is 1. The van der Waals surface area contributed by atoms with E-state index in [9.17, 15) is 5.11 Å². The van der Waals surface area contributed by atoms with E-state index in [-0.39, 0.29) is 5.75 Å². The lowest BCUT2D eigenvalue weighted by Gasteiger charge is -2.45. The van der Waals surface area contributed by atoms with Gasteiger partial charge in [0.25, 0.3) is 0 Å². The number of nitrogens with one attached hydrogen (secondary N) is 1. The van der Waals surface area contributed by atoms with Crippen LogP contribution in [0.1, 0.15) is 37.7 Å². The molecule has 2 N–H and O–H groups in total. The fourth-order valence-electron chi connectivity index (χ4n) is 4.05. The number of phenols is 1. The molecule has 0 unspecified atom stereocenters. The van der Waals surface area contributed by atoms with Gasteiger partial charge >= 0.3 is 0 Å². The number of thioether (sulfide) groups is 1. The molecule has 1 saturated heterocycles. The van der Waals surface area contributed by atoms with E-state index < -0.39 is 0 Å². The van der Waals surface area contributed by atoms with Crippen molar-refractivity contribution < 1.29 is 9.84 Å². The molecule has 5 nitrogen and oxygen atoms in total. The Kier molecular flexibility index (Phi) is 6.57. The van der Waals surface area contributed by atoms with Gasteiger partial charge < -0.3 is 20.1 Å². The van der Waals surface area contributed by atoms with Crippen LogP contribution in [0.5, 0.6) is 11.5 Å². The van der Waals surface area contributed by atoms with Gasteiger partial charge in [-0.1, -0.05) is 25.3 Å². The van der Waals surface area contributed by atoms with Crippen LogP contribution >= 0.6 is 11.8 Å². The Labute approximate surface area is 161 Å². The van der Waals surface area contributed by atoms with E-state index in [1.54, 1.807) is 13.2 Å². The van der Waals surface area contributed by atoms with Crippen LogP contribution in [0.4, 0.5) is 0 Å². The number of aromatic hydroxyl groups is 1. The largest absolute Gasteiger partial charge is 0.508 e. The van der Waals surface area contributed by atoms with Crippen LogP contribution in [0.15, 0.2) is 23.2 Å². The minimum Gasteiger partial charge on any atom is -0.508 e. The van der Waals surface area contributed by atoms with Crippen molar-refractivity contribution in [2.75, 3.05) is 39.5 Å². The van der Waals surface area contributed by atoms with Crippen LogP contribution in [0, 0.1) is 0 Å². The molecule has 0 amide bonds. The molecule has 3 rings (SSSR count). The van der Waals surface area contributed by atoms with Gasteiger partial charge in [-0.3, -0.25) is 4.99 Å². The standard InChI is InChI=1S/C20H31N3O2S/c1-21-19(22-11-8-16-6-7-17(25-2)14-18(16)24)23-12-13-26-20(15-23)9-4-3-5-10-20/h6-7,14,24H,3-5,8-13,15H2,1-2H3,(H,21,22). The molecule has 1 heterocycles. The number of ether oxygens (including phenoxy) is 1. The number of nitrogens with zero attached hydrogens (tertiary/aromatic N) is 2. The van der Waals surface area contributed by atoms with Gasteiger partial charge in [0.05, 0.1) is 7.11 Å². The molecule has 2 fully saturated rings. The molecule has 1 aliphatic heterocycles. The van der Waals surface area contributed by atoms with E-state index in [1.165, 1.54) is 37.9 Å². The number of phenolic OH excluding ortho intramolecular Hbond substituents is 1. The number of methoxy groups -OCH3 is 1. The Balaban J connectivity index is 1.54. The molecule has 0 atom stereocenters. The summed E-state index contributed by atoms with van der Waals surface area (Å²) in [5.41, 5.74) is 0.923. The number of aliphatic imine (C=N–C) groups is 1. The third-order valence-electron chi connectivity index (χ3n) is 5.49. The van der Waals surface area contributed by atoms with Crippen LogP contribution in [-0.4, -0.2) is 60.3 Å². The Morgan fingerprint density at radius 2 is 2.15 bits per heavy atom. The van der Waals surface area contributed by atoms with Gasteiger partial charge in [0, 0.05) is 43.2 Å². The Hall–Kier alpha value is -1.56. The van der Waals surface area contributed by atoms with Gasteiger partial charge in [0.1, 0.15) is 11.5 Å². The van der Waals surface area contributed by atoms with Crippen LogP contribution < -0.4 is 10.1 Å². The molecular weight excluding hydrogens is 346 g/mol. The molecule has 6 heteroatoms. The van der Waals surface area contributed by atoms with Gasteiger partial charge in [-0.05, 0) is 30.9 Å². The number of benzene rings is 1. The normalized spacial score (nSPS) is 20.2. The third kappa shape index (κ3) is 4.58. The predicted octanol–water partition coefficient (Wildman–Crippen LogP) is 3.27. The first kappa shape index (κ1) is 19.2. The fourth-order valence-corrected chi connectivity index (χ4v) is 5.62. The lowest BCUT2D eigenvalue weighted by molar-refractivity contribution is 0.293. The van der Waals surface area contributed by atoms with E-state index >= 15 is 0 Å². The summed E-state index contributed by atoms with van der Waals surface area (Å²) in [5.74, 6) is 3.14. The first-order chi connectivity index (χ1) is 12.7. The molecule has 0 aromatic heterocycles. The van der Waals surface area contributed by atoms with Crippen molar-refractivity contribution in [1.82, 2.24) is 10.2 Å². The molecule has 2 aliphatic rings. The van der Waals surface area contributed by atoms with E-state index in [1.807, 2.05) is 19.2 Å². The van der Waals surface area contributed by atoms with Gasteiger partial charge in [0.2, 0.25) is 0 Å². The predicted molar refractivity (Wildman–Crippen MR) is 110 cm³/mol.